The minimum Gasteiger partial charge on any atom is -0.394 e. The van der Waals surface area contributed by atoms with E-state index in [1.54, 1.807) is 0 Å². The highest BCUT2D eigenvalue weighted by Gasteiger charge is 2.69. The van der Waals surface area contributed by atoms with Gasteiger partial charge in [0.1, 0.15) is 67.1 Å². The Hall–Kier alpha value is -0.680. The molecule has 27 atom stereocenters. The molecular weight excluding hydrogens is 812 g/mol. The lowest BCUT2D eigenvalue weighted by Crippen LogP contribution is -2.65. The number of ether oxygens (including phenoxy) is 8. The largest absolute Gasteiger partial charge is 0.394 e. The molecule has 62 heavy (non-hydrogen) atoms. The van der Waals surface area contributed by atoms with Crippen molar-refractivity contribution < 1.29 is 83.9 Å². The Morgan fingerprint density at radius 3 is 2.02 bits per heavy atom. The Kier molecular flexibility index (Phi) is 13.1. The van der Waals surface area contributed by atoms with Gasteiger partial charge in [-0.2, -0.15) is 0 Å². The zero-order chi connectivity index (χ0) is 44.2. The summed E-state index contributed by atoms with van der Waals surface area (Å²) in [4.78, 5) is 0. The highest BCUT2D eigenvalue weighted by Crippen LogP contribution is 2.71. The summed E-state index contributed by atoms with van der Waals surface area (Å²) < 4.78 is 49.4. The van der Waals surface area contributed by atoms with E-state index in [2.05, 4.69) is 27.7 Å². The van der Waals surface area contributed by atoms with Gasteiger partial charge in [0.2, 0.25) is 0 Å². The highest BCUT2D eigenvalue weighted by atomic mass is 16.8. The van der Waals surface area contributed by atoms with Crippen molar-refractivity contribution in [3.63, 3.8) is 0 Å². The molecule has 5 aliphatic heterocycles. The molecule has 0 unspecified atom stereocenters. The summed E-state index contributed by atoms with van der Waals surface area (Å²) in [5.41, 5.74) is 0.353. The second kappa shape index (κ2) is 17.4. The molecule has 9 N–H and O–H groups in total. The van der Waals surface area contributed by atoms with Crippen LogP contribution >= 0.6 is 0 Å². The molecule has 5 saturated heterocycles. The minimum atomic E-state index is -1.73. The fraction of sp³-hybridized carbons (Fsp3) is 1.00. The van der Waals surface area contributed by atoms with Gasteiger partial charge in [0, 0.05) is 12.3 Å². The molecule has 1 spiro atoms. The minimum absolute atomic E-state index is 0.125. The maximum atomic E-state index is 11.6. The van der Waals surface area contributed by atoms with Crippen LogP contribution in [0.4, 0.5) is 0 Å². The maximum absolute atomic E-state index is 11.6. The number of hydrogen-bond acceptors (Lipinski definition) is 17. The van der Waals surface area contributed by atoms with E-state index in [1.807, 2.05) is 0 Å². The number of fused-ring (bicyclic) bond motifs is 7. The first-order valence-electron chi connectivity index (χ1n) is 23.7. The standard InChI is InChI=1S/C45H74O17/c1-19-8-13-45(56-17-19)20(2)30-27(62-45)15-26-24-7-6-22-14-23(9-11-43(22,4)25(24)10-12-44(26,30)5)58-42-38(54)35(51)39(61-41-37(53)33(49)31(47)21(3)57-41)29(60-42)18-55-40-36(52)34(50)32(48)28(16-46)59-40/h19-42,46-54H,6-18H2,1-5H3/t19-,20-,21-,22+,23+,24+,25-,26-,27-,28-,29+,30-,31-,32-,33+,34+,35+,36+,37+,38+,39+,40-,41+,42+,43-,44-,45+/m1/s1. The highest BCUT2D eigenvalue weighted by molar-refractivity contribution is 5.15. The molecule has 356 valence electrons. The fourth-order valence-corrected chi connectivity index (χ4v) is 14.5. The Labute approximate surface area is 364 Å². The average molecular weight is 887 g/mol. The van der Waals surface area contributed by atoms with Crippen molar-refractivity contribution in [1.82, 2.24) is 0 Å². The second-order valence-electron chi connectivity index (χ2n) is 21.5. The molecule has 17 nitrogen and oxygen atoms in total. The zero-order valence-corrected chi connectivity index (χ0v) is 36.8. The molecule has 0 radical (unpaired) electrons. The fourth-order valence-electron chi connectivity index (χ4n) is 14.5. The summed E-state index contributed by atoms with van der Waals surface area (Å²) >= 11 is 0. The van der Waals surface area contributed by atoms with E-state index in [-0.39, 0.29) is 23.0 Å². The van der Waals surface area contributed by atoms with Crippen LogP contribution in [0.5, 0.6) is 0 Å². The molecule has 5 heterocycles. The van der Waals surface area contributed by atoms with Crippen molar-refractivity contribution in [2.24, 2.45) is 52.3 Å². The SMILES string of the molecule is C[C@@H]1CC[C@]2(OC1)O[C@@H]1C[C@@H]3[C@H]4CC[C@H]5C[C@@H](O[C@H]6O[C@@H](CO[C@@H]7O[C@H](CO)[C@@H](O)[C@H](O)[C@@H]7O)[C@H](O[C@@H]7O[C@H](C)[C@@H](O)[C@H](O)[C@@H]7O)[C@@H](O)[C@@H]6O)CC[C@@]5(C)[C@@H]4CC[C@@]3(C)[C@@H]1[C@H]2C. The summed E-state index contributed by atoms with van der Waals surface area (Å²) in [5.74, 6) is 3.27. The van der Waals surface area contributed by atoms with Crippen molar-refractivity contribution in [2.75, 3.05) is 19.8 Å². The van der Waals surface area contributed by atoms with Gasteiger partial charge in [0.25, 0.3) is 0 Å². The molecule has 17 heteroatoms. The predicted octanol–water partition coefficient (Wildman–Crippen LogP) is 0.294. The molecule has 9 rings (SSSR count). The Bertz CT molecular complexity index is 1550. The van der Waals surface area contributed by atoms with Gasteiger partial charge in [-0.1, -0.05) is 27.7 Å². The third-order valence-electron chi connectivity index (χ3n) is 18.2. The Morgan fingerprint density at radius 1 is 0.613 bits per heavy atom. The topological polar surface area (TPSA) is 256 Å². The van der Waals surface area contributed by atoms with E-state index in [4.69, 9.17) is 37.9 Å². The first-order valence-corrected chi connectivity index (χ1v) is 23.7. The van der Waals surface area contributed by atoms with E-state index >= 15 is 0 Å². The van der Waals surface area contributed by atoms with Gasteiger partial charge in [-0.05, 0) is 111 Å². The zero-order valence-electron chi connectivity index (χ0n) is 36.8. The van der Waals surface area contributed by atoms with Gasteiger partial charge in [-0.3, -0.25) is 0 Å². The summed E-state index contributed by atoms with van der Waals surface area (Å²) in [6.45, 7) is 10.8. The lowest BCUT2D eigenvalue weighted by molar-refractivity contribution is -0.369. The van der Waals surface area contributed by atoms with E-state index in [0.29, 0.717) is 41.4 Å². The van der Waals surface area contributed by atoms with Gasteiger partial charge in [0.15, 0.2) is 24.7 Å². The molecule has 0 aromatic rings. The molecular formula is C45H74O17. The molecule has 4 saturated carbocycles. The summed E-state index contributed by atoms with van der Waals surface area (Å²) in [6, 6.07) is 0. The summed E-state index contributed by atoms with van der Waals surface area (Å²) in [5, 5.41) is 95.6. The van der Waals surface area contributed by atoms with Crippen LogP contribution in [0.1, 0.15) is 98.8 Å². The van der Waals surface area contributed by atoms with Crippen LogP contribution in [0.15, 0.2) is 0 Å². The molecule has 0 aromatic heterocycles. The Balaban J connectivity index is 0.866. The average Bonchev–Trinajstić information content (AvgIpc) is 3.70. The first kappa shape index (κ1) is 46.4. The lowest BCUT2D eigenvalue weighted by Gasteiger charge is -2.61. The number of rotatable bonds is 8. The molecule has 0 aromatic carbocycles. The van der Waals surface area contributed by atoms with Crippen LogP contribution in [-0.2, 0) is 37.9 Å². The van der Waals surface area contributed by atoms with Crippen LogP contribution in [0.2, 0.25) is 0 Å². The Morgan fingerprint density at radius 2 is 1.29 bits per heavy atom. The van der Waals surface area contributed by atoms with Crippen LogP contribution in [0.3, 0.4) is 0 Å². The van der Waals surface area contributed by atoms with Gasteiger partial charge in [-0.25, -0.2) is 0 Å². The van der Waals surface area contributed by atoms with Crippen molar-refractivity contribution in [3.8, 4) is 0 Å². The number of aliphatic hydroxyl groups is 9. The van der Waals surface area contributed by atoms with Crippen molar-refractivity contribution in [3.05, 3.63) is 0 Å². The number of aliphatic hydroxyl groups excluding tert-OH is 9. The van der Waals surface area contributed by atoms with Crippen LogP contribution in [0, 0.1) is 52.3 Å². The van der Waals surface area contributed by atoms with Crippen LogP contribution < -0.4 is 0 Å². The van der Waals surface area contributed by atoms with Crippen LogP contribution in [-0.4, -0.2) is 176 Å². The normalized spacial score (nSPS) is 58.9. The summed E-state index contributed by atoms with van der Waals surface area (Å²) in [6.07, 6.45) is -12.2. The summed E-state index contributed by atoms with van der Waals surface area (Å²) in [7, 11) is 0. The van der Waals surface area contributed by atoms with Gasteiger partial charge in [-0.15, -0.1) is 0 Å². The smallest absolute Gasteiger partial charge is 0.187 e. The van der Waals surface area contributed by atoms with Crippen LogP contribution in [0.25, 0.3) is 0 Å². The molecule has 0 bridgehead atoms. The van der Waals surface area contributed by atoms with Crippen molar-refractivity contribution in [2.45, 2.75) is 209 Å². The van der Waals surface area contributed by atoms with Gasteiger partial charge >= 0.3 is 0 Å². The monoisotopic (exact) mass is 886 g/mol. The third kappa shape index (κ3) is 7.66. The quantitative estimate of drug-likeness (QED) is 0.149. The van der Waals surface area contributed by atoms with Gasteiger partial charge < -0.3 is 83.9 Å². The lowest BCUT2D eigenvalue weighted by atomic mass is 9.44. The first-order chi connectivity index (χ1) is 29.4. The molecule has 4 aliphatic carbocycles. The molecule has 9 aliphatic rings. The third-order valence-corrected chi connectivity index (χ3v) is 18.2. The second-order valence-corrected chi connectivity index (χ2v) is 21.5. The maximum Gasteiger partial charge on any atom is 0.187 e. The van der Waals surface area contributed by atoms with E-state index < -0.39 is 111 Å². The predicted molar refractivity (Wildman–Crippen MR) is 214 cm³/mol. The van der Waals surface area contributed by atoms with Crippen molar-refractivity contribution >= 4 is 0 Å². The molecule has 9 fully saturated rings. The van der Waals surface area contributed by atoms with E-state index in [1.165, 1.54) is 19.8 Å². The van der Waals surface area contributed by atoms with E-state index in [0.717, 1.165) is 58.0 Å². The molecule has 0 amide bonds. The van der Waals surface area contributed by atoms with E-state index in [9.17, 15) is 46.0 Å². The van der Waals surface area contributed by atoms with Crippen molar-refractivity contribution in [1.29, 1.82) is 0 Å². The van der Waals surface area contributed by atoms with Gasteiger partial charge in [0.05, 0.1) is 38.1 Å². The number of hydrogen-bond donors (Lipinski definition) is 9.